The molecule has 3 nitrogen and oxygen atoms in total. The van der Waals surface area contributed by atoms with Gasteiger partial charge in [0, 0.05) is 11.0 Å². The number of fused-ring (bicyclic) bond motifs is 1. The van der Waals surface area contributed by atoms with Crippen LogP contribution in [0.4, 0.5) is 0 Å². The summed E-state index contributed by atoms with van der Waals surface area (Å²) < 4.78 is 5.70. The topological polar surface area (TPSA) is 38.3 Å². The summed E-state index contributed by atoms with van der Waals surface area (Å²) in [6.45, 7) is 1.73. The Balaban J connectivity index is 0.00000128. The summed E-state index contributed by atoms with van der Waals surface area (Å²) in [5.74, 6) is -0.255. The number of benzene rings is 1. The van der Waals surface area contributed by atoms with Crippen molar-refractivity contribution in [3.63, 3.8) is 0 Å². The minimum absolute atomic E-state index is 0. The largest absolute Gasteiger partial charge is 0.465 e. The van der Waals surface area contributed by atoms with Crippen LogP contribution < -0.4 is 5.32 Å². The number of hydrogen-bond donors (Lipinski definition) is 1. The summed E-state index contributed by atoms with van der Waals surface area (Å²) in [6.07, 6.45) is 0.882. The van der Waals surface area contributed by atoms with Crippen LogP contribution in [0, 0.1) is 0 Å². The molecule has 0 amide bonds. The van der Waals surface area contributed by atoms with Crippen LogP contribution in [0.2, 0.25) is 0 Å². The molecular formula is C11H13BrClNO2. The first-order valence-corrected chi connectivity index (χ1v) is 5.62. The van der Waals surface area contributed by atoms with Gasteiger partial charge in [-0.3, -0.25) is 0 Å². The van der Waals surface area contributed by atoms with E-state index in [9.17, 15) is 4.79 Å². The first-order chi connectivity index (χ1) is 7.22. The Labute approximate surface area is 109 Å². The molecule has 0 aromatic heterocycles. The maximum Gasteiger partial charge on any atom is 0.338 e. The van der Waals surface area contributed by atoms with Gasteiger partial charge in [-0.05, 0) is 36.2 Å². The Bertz CT molecular complexity index is 409. The molecule has 1 heterocycles. The third-order valence-electron chi connectivity index (χ3n) is 2.58. The zero-order chi connectivity index (χ0) is 10.8. The molecule has 5 heteroatoms. The van der Waals surface area contributed by atoms with E-state index < -0.39 is 0 Å². The summed E-state index contributed by atoms with van der Waals surface area (Å²) in [7, 11) is 1.41. The van der Waals surface area contributed by atoms with E-state index in [0.29, 0.717) is 5.56 Å². The number of rotatable bonds is 1. The second-order valence-corrected chi connectivity index (χ2v) is 4.43. The van der Waals surface area contributed by atoms with E-state index in [0.717, 1.165) is 29.5 Å². The van der Waals surface area contributed by atoms with Crippen LogP contribution in [0.5, 0.6) is 0 Å². The lowest BCUT2D eigenvalue weighted by Crippen LogP contribution is -2.25. The zero-order valence-corrected chi connectivity index (χ0v) is 11.3. The van der Waals surface area contributed by atoms with E-state index in [-0.39, 0.29) is 18.4 Å². The van der Waals surface area contributed by atoms with Gasteiger partial charge in [0.25, 0.3) is 0 Å². The van der Waals surface area contributed by atoms with Crippen molar-refractivity contribution in [2.24, 2.45) is 0 Å². The second-order valence-electron chi connectivity index (χ2n) is 3.51. The van der Waals surface area contributed by atoms with E-state index >= 15 is 0 Å². The lowest BCUT2D eigenvalue weighted by molar-refractivity contribution is 0.0599. The summed E-state index contributed by atoms with van der Waals surface area (Å²) in [4.78, 5) is 11.6. The molecule has 1 aliphatic rings. The minimum atomic E-state index is -0.255. The normalized spacial score (nSPS) is 13.6. The Morgan fingerprint density at radius 1 is 1.50 bits per heavy atom. The molecule has 0 spiro atoms. The average molecular weight is 307 g/mol. The van der Waals surface area contributed by atoms with Crippen LogP contribution in [0.25, 0.3) is 0 Å². The maximum atomic E-state index is 11.6. The number of ether oxygens (including phenoxy) is 1. The molecule has 16 heavy (non-hydrogen) atoms. The SMILES string of the molecule is COC(=O)c1cc(Br)cc2c1CCNC2.Cl. The van der Waals surface area contributed by atoms with Crippen molar-refractivity contribution in [1.82, 2.24) is 5.32 Å². The fourth-order valence-corrected chi connectivity index (χ4v) is 2.38. The van der Waals surface area contributed by atoms with Crippen LogP contribution >= 0.6 is 28.3 Å². The number of halogens is 2. The highest BCUT2D eigenvalue weighted by molar-refractivity contribution is 9.10. The van der Waals surface area contributed by atoms with Crippen molar-refractivity contribution >= 4 is 34.3 Å². The highest BCUT2D eigenvalue weighted by Crippen LogP contribution is 2.24. The summed E-state index contributed by atoms with van der Waals surface area (Å²) in [5.41, 5.74) is 2.98. The molecule has 0 fully saturated rings. The molecule has 1 aromatic carbocycles. The smallest absolute Gasteiger partial charge is 0.338 e. The van der Waals surface area contributed by atoms with Gasteiger partial charge < -0.3 is 10.1 Å². The molecule has 0 atom stereocenters. The number of esters is 1. The molecule has 2 rings (SSSR count). The van der Waals surface area contributed by atoms with Gasteiger partial charge in [0.05, 0.1) is 12.7 Å². The highest BCUT2D eigenvalue weighted by Gasteiger charge is 2.18. The molecule has 0 unspecified atom stereocenters. The third kappa shape index (κ3) is 2.56. The molecular weight excluding hydrogens is 293 g/mol. The predicted octanol–water partition coefficient (Wildman–Crippen LogP) is 2.30. The van der Waals surface area contributed by atoms with Gasteiger partial charge in [-0.15, -0.1) is 12.4 Å². The van der Waals surface area contributed by atoms with Crippen molar-refractivity contribution in [2.45, 2.75) is 13.0 Å². The minimum Gasteiger partial charge on any atom is -0.465 e. The molecule has 1 N–H and O–H groups in total. The number of nitrogens with one attached hydrogen (secondary N) is 1. The number of hydrogen-bond acceptors (Lipinski definition) is 3. The highest BCUT2D eigenvalue weighted by atomic mass is 79.9. The first kappa shape index (κ1) is 13.5. The Hall–Kier alpha value is -0.580. The third-order valence-corrected chi connectivity index (χ3v) is 3.04. The van der Waals surface area contributed by atoms with Gasteiger partial charge >= 0.3 is 5.97 Å². The quantitative estimate of drug-likeness (QED) is 0.809. The molecule has 0 bridgehead atoms. The van der Waals surface area contributed by atoms with Crippen molar-refractivity contribution < 1.29 is 9.53 Å². The van der Waals surface area contributed by atoms with Crippen LogP contribution in [0.3, 0.4) is 0 Å². The fraction of sp³-hybridized carbons (Fsp3) is 0.364. The van der Waals surface area contributed by atoms with Crippen LogP contribution in [-0.2, 0) is 17.7 Å². The van der Waals surface area contributed by atoms with E-state index in [1.807, 2.05) is 12.1 Å². The van der Waals surface area contributed by atoms with E-state index in [1.54, 1.807) is 0 Å². The van der Waals surface area contributed by atoms with Crippen LogP contribution in [0.1, 0.15) is 21.5 Å². The van der Waals surface area contributed by atoms with Gasteiger partial charge in [-0.2, -0.15) is 0 Å². The molecule has 88 valence electrons. The summed E-state index contributed by atoms with van der Waals surface area (Å²) in [5, 5.41) is 3.28. The number of carbonyl (C=O) groups is 1. The molecule has 0 saturated heterocycles. The van der Waals surface area contributed by atoms with Crippen LogP contribution in [-0.4, -0.2) is 19.6 Å². The van der Waals surface area contributed by atoms with Gasteiger partial charge in [0.1, 0.15) is 0 Å². The van der Waals surface area contributed by atoms with Crippen molar-refractivity contribution in [1.29, 1.82) is 0 Å². The molecule has 1 aliphatic heterocycles. The van der Waals surface area contributed by atoms with E-state index in [2.05, 4.69) is 21.2 Å². The fourth-order valence-electron chi connectivity index (χ4n) is 1.87. The average Bonchev–Trinajstić information content (AvgIpc) is 2.26. The monoisotopic (exact) mass is 305 g/mol. The Morgan fingerprint density at radius 3 is 2.94 bits per heavy atom. The predicted molar refractivity (Wildman–Crippen MR) is 68.1 cm³/mol. The maximum absolute atomic E-state index is 11.6. The van der Waals surface area contributed by atoms with Gasteiger partial charge in [-0.25, -0.2) is 4.79 Å². The molecule has 1 aromatic rings. The van der Waals surface area contributed by atoms with Gasteiger partial charge in [-0.1, -0.05) is 15.9 Å². The lowest BCUT2D eigenvalue weighted by atomic mass is 9.95. The van der Waals surface area contributed by atoms with Crippen molar-refractivity contribution in [2.75, 3.05) is 13.7 Å². The van der Waals surface area contributed by atoms with Crippen molar-refractivity contribution in [3.8, 4) is 0 Å². The van der Waals surface area contributed by atoms with Gasteiger partial charge in [0.2, 0.25) is 0 Å². The van der Waals surface area contributed by atoms with E-state index in [4.69, 9.17) is 4.74 Å². The molecule has 0 radical (unpaired) electrons. The Morgan fingerprint density at radius 2 is 2.25 bits per heavy atom. The summed E-state index contributed by atoms with van der Waals surface area (Å²) >= 11 is 3.40. The second kappa shape index (κ2) is 5.66. The number of methoxy groups -OCH3 is 1. The molecule has 0 aliphatic carbocycles. The molecule has 0 saturated carbocycles. The number of carbonyl (C=O) groups excluding carboxylic acids is 1. The first-order valence-electron chi connectivity index (χ1n) is 4.82. The van der Waals surface area contributed by atoms with Gasteiger partial charge in [0.15, 0.2) is 0 Å². The lowest BCUT2D eigenvalue weighted by Gasteiger charge is -2.19. The zero-order valence-electron chi connectivity index (χ0n) is 8.88. The Kier molecular flexibility index (Phi) is 4.77. The van der Waals surface area contributed by atoms with Crippen LogP contribution in [0.15, 0.2) is 16.6 Å². The van der Waals surface area contributed by atoms with E-state index in [1.165, 1.54) is 12.7 Å². The van der Waals surface area contributed by atoms with Crippen molar-refractivity contribution in [3.05, 3.63) is 33.3 Å². The summed E-state index contributed by atoms with van der Waals surface area (Å²) in [6, 6.07) is 3.88. The standard InChI is InChI=1S/C11H12BrNO2.ClH/c1-15-11(14)10-5-8(12)4-7-6-13-3-2-9(7)10;/h4-5,13H,2-3,6H2,1H3;1H.